The molecule has 0 atom stereocenters. The molecule has 0 fully saturated rings. The molecule has 0 radical (unpaired) electrons. The maximum Gasteiger partial charge on any atom is 0.219 e. The summed E-state index contributed by atoms with van der Waals surface area (Å²) in [7, 11) is 0. The van der Waals surface area contributed by atoms with Crippen molar-refractivity contribution in [3.8, 4) is 0 Å². The highest BCUT2D eigenvalue weighted by molar-refractivity contribution is 6.71. The van der Waals surface area contributed by atoms with Gasteiger partial charge in [0.25, 0.3) is 0 Å². The van der Waals surface area contributed by atoms with Gasteiger partial charge < -0.3 is 0 Å². The van der Waals surface area contributed by atoms with Crippen LogP contribution in [0.4, 0.5) is 0 Å². The Morgan fingerprint density at radius 3 is 2.08 bits per heavy atom. The molecule has 0 amide bonds. The van der Waals surface area contributed by atoms with E-state index in [1.807, 2.05) is 0 Å². The van der Waals surface area contributed by atoms with Crippen LogP contribution in [-0.2, 0) is 9.59 Å². The van der Waals surface area contributed by atoms with Crippen molar-refractivity contribution >= 4 is 46.4 Å². The third-order valence-corrected chi connectivity index (χ3v) is 1.87. The van der Waals surface area contributed by atoms with Crippen LogP contribution in [0, 0.1) is 0 Å². The smallest absolute Gasteiger partial charge is 0.219 e. The minimum Gasteiger partial charge on any atom is -0.290 e. The van der Waals surface area contributed by atoms with Gasteiger partial charge in [-0.25, -0.2) is 0 Å². The highest BCUT2D eigenvalue weighted by Gasteiger charge is 2.32. The van der Waals surface area contributed by atoms with E-state index >= 15 is 0 Å². The molecule has 0 spiro atoms. The molecule has 0 aliphatic heterocycles. The van der Waals surface area contributed by atoms with Gasteiger partial charge in [0.2, 0.25) is 3.79 Å². The van der Waals surface area contributed by atoms with Crippen molar-refractivity contribution in [2.45, 2.75) is 3.79 Å². The Morgan fingerprint density at radius 2 is 1.67 bits per heavy atom. The molecule has 0 N–H and O–H groups in total. The van der Waals surface area contributed by atoms with Crippen molar-refractivity contribution in [1.29, 1.82) is 0 Å². The second-order valence-electron chi connectivity index (χ2n) is 2.16. The number of alkyl halides is 3. The molecule has 0 heterocycles. The van der Waals surface area contributed by atoms with Gasteiger partial charge in [0, 0.05) is 0 Å². The molecule has 0 saturated heterocycles. The minimum atomic E-state index is -1.82. The number of halogens is 3. The number of ketones is 2. The van der Waals surface area contributed by atoms with Gasteiger partial charge in [0.1, 0.15) is 0 Å². The van der Waals surface area contributed by atoms with Crippen LogP contribution in [-0.4, -0.2) is 15.4 Å². The molecule has 5 heteroatoms. The molecule has 0 saturated carbocycles. The van der Waals surface area contributed by atoms with E-state index in [0.29, 0.717) is 0 Å². The minimum absolute atomic E-state index is 0.111. The SMILES string of the molecule is O=C1C=CC(=O)C(C(Cl)(Cl)Cl)=C1. The van der Waals surface area contributed by atoms with Gasteiger partial charge in [-0.3, -0.25) is 9.59 Å². The zero-order valence-electron chi connectivity index (χ0n) is 5.68. The van der Waals surface area contributed by atoms with Crippen molar-refractivity contribution in [3.05, 3.63) is 23.8 Å². The lowest BCUT2D eigenvalue weighted by Gasteiger charge is -2.14. The van der Waals surface area contributed by atoms with Crippen molar-refractivity contribution in [3.63, 3.8) is 0 Å². The summed E-state index contributed by atoms with van der Waals surface area (Å²) in [5.74, 6) is -0.800. The summed E-state index contributed by atoms with van der Waals surface area (Å²) in [5, 5.41) is 0. The molecule has 0 bridgehead atoms. The van der Waals surface area contributed by atoms with E-state index in [4.69, 9.17) is 34.8 Å². The van der Waals surface area contributed by atoms with Crippen LogP contribution in [0.25, 0.3) is 0 Å². The van der Waals surface area contributed by atoms with E-state index in [-0.39, 0.29) is 11.4 Å². The molecule has 1 rings (SSSR count). The van der Waals surface area contributed by atoms with E-state index in [9.17, 15) is 9.59 Å². The molecule has 0 unspecified atom stereocenters. The van der Waals surface area contributed by atoms with Gasteiger partial charge in [-0.05, 0) is 18.2 Å². The molecule has 2 nitrogen and oxygen atoms in total. The van der Waals surface area contributed by atoms with Gasteiger partial charge in [0.15, 0.2) is 11.6 Å². The number of hydrogen-bond acceptors (Lipinski definition) is 2. The Labute approximate surface area is 83.8 Å². The van der Waals surface area contributed by atoms with Crippen molar-refractivity contribution in [2.75, 3.05) is 0 Å². The summed E-state index contributed by atoms with van der Waals surface area (Å²) in [6.07, 6.45) is 3.23. The van der Waals surface area contributed by atoms with Crippen LogP contribution in [0.3, 0.4) is 0 Å². The third-order valence-electron chi connectivity index (χ3n) is 1.26. The van der Waals surface area contributed by atoms with Gasteiger partial charge in [-0.1, -0.05) is 34.8 Å². The van der Waals surface area contributed by atoms with Crippen LogP contribution in [0.1, 0.15) is 0 Å². The lowest BCUT2D eigenvalue weighted by atomic mass is 10.1. The van der Waals surface area contributed by atoms with Gasteiger partial charge in [-0.15, -0.1) is 0 Å². The fourth-order valence-corrected chi connectivity index (χ4v) is 1.17. The fraction of sp³-hybridized carbons (Fsp3) is 0.143. The number of allylic oxidation sites excluding steroid dienone is 4. The predicted octanol–water partition coefficient (Wildman–Crippen LogP) is 1.99. The van der Waals surface area contributed by atoms with Gasteiger partial charge >= 0.3 is 0 Å². The summed E-state index contributed by atoms with van der Waals surface area (Å²) in [6.45, 7) is 0. The quantitative estimate of drug-likeness (QED) is 0.467. The summed E-state index contributed by atoms with van der Waals surface area (Å²) in [6, 6.07) is 0. The topological polar surface area (TPSA) is 34.1 Å². The predicted molar refractivity (Wildman–Crippen MR) is 47.5 cm³/mol. The first-order valence-corrected chi connectivity index (χ1v) is 4.10. The molecular formula is C7H3Cl3O2. The Balaban J connectivity index is 3.05. The molecule has 0 aromatic rings. The fourth-order valence-electron chi connectivity index (χ4n) is 0.731. The average molecular weight is 225 g/mol. The Bertz CT molecular complexity index is 296. The highest BCUT2D eigenvalue weighted by Crippen LogP contribution is 2.36. The average Bonchev–Trinajstić information content (AvgIpc) is 1.92. The zero-order valence-corrected chi connectivity index (χ0v) is 7.95. The number of carbonyl (C=O) groups is 2. The Hall–Kier alpha value is -0.310. The van der Waals surface area contributed by atoms with Crippen LogP contribution < -0.4 is 0 Å². The molecule has 1 aliphatic carbocycles. The maximum atomic E-state index is 11.0. The second kappa shape index (κ2) is 3.21. The van der Waals surface area contributed by atoms with E-state index < -0.39 is 9.58 Å². The normalized spacial score (nSPS) is 18.1. The number of carbonyl (C=O) groups excluding carboxylic acids is 2. The van der Waals surface area contributed by atoms with Crippen LogP contribution >= 0.6 is 34.8 Å². The Kier molecular flexibility index (Phi) is 2.61. The lowest BCUT2D eigenvalue weighted by molar-refractivity contribution is -0.114. The van der Waals surface area contributed by atoms with Crippen LogP contribution in [0.2, 0.25) is 0 Å². The molecule has 12 heavy (non-hydrogen) atoms. The van der Waals surface area contributed by atoms with Crippen molar-refractivity contribution in [2.24, 2.45) is 0 Å². The largest absolute Gasteiger partial charge is 0.290 e. The highest BCUT2D eigenvalue weighted by atomic mass is 35.6. The zero-order chi connectivity index (χ0) is 9.35. The van der Waals surface area contributed by atoms with E-state index in [1.54, 1.807) is 0 Å². The summed E-state index contributed by atoms with van der Waals surface area (Å²) < 4.78 is -1.82. The molecular weight excluding hydrogens is 222 g/mol. The summed E-state index contributed by atoms with van der Waals surface area (Å²) >= 11 is 16.3. The number of rotatable bonds is 0. The van der Waals surface area contributed by atoms with E-state index in [0.717, 1.165) is 18.2 Å². The number of hydrogen-bond donors (Lipinski definition) is 0. The molecule has 1 aliphatic rings. The standard InChI is InChI=1S/C7H3Cl3O2/c8-7(9,10)5-3-4(11)1-2-6(5)12/h1-3H. The van der Waals surface area contributed by atoms with Crippen LogP contribution in [0.5, 0.6) is 0 Å². The van der Waals surface area contributed by atoms with E-state index in [2.05, 4.69) is 0 Å². The monoisotopic (exact) mass is 224 g/mol. The third kappa shape index (κ3) is 2.09. The molecule has 64 valence electrons. The van der Waals surface area contributed by atoms with E-state index in [1.165, 1.54) is 0 Å². The van der Waals surface area contributed by atoms with Crippen molar-refractivity contribution in [1.82, 2.24) is 0 Å². The first-order valence-electron chi connectivity index (χ1n) is 2.96. The first-order chi connectivity index (χ1) is 5.41. The first kappa shape index (κ1) is 9.78. The van der Waals surface area contributed by atoms with Crippen molar-refractivity contribution < 1.29 is 9.59 Å². The summed E-state index contributed by atoms with van der Waals surface area (Å²) in [5.41, 5.74) is -0.111. The maximum absolute atomic E-state index is 11.0. The second-order valence-corrected chi connectivity index (χ2v) is 4.44. The van der Waals surface area contributed by atoms with Gasteiger partial charge in [-0.2, -0.15) is 0 Å². The molecule has 0 aromatic heterocycles. The molecule has 0 aromatic carbocycles. The summed E-state index contributed by atoms with van der Waals surface area (Å²) in [4.78, 5) is 21.8. The van der Waals surface area contributed by atoms with Crippen LogP contribution in [0.15, 0.2) is 23.8 Å². The van der Waals surface area contributed by atoms with Gasteiger partial charge in [0.05, 0.1) is 5.57 Å². The lowest BCUT2D eigenvalue weighted by Crippen LogP contribution is -2.19. The Morgan fingerprint density at radius 1 is 1.08 bits per heavy atom.